The molecule has 1 heterocycles. The topological polar surface area (TPSA) is 25.8 Å². The van der Waals surface area contributed by atoms with Gasteiger partial charge in [0.25, 0.3) is 0 Å². The van der Waals surface area contributed by atoms with E-state index in [9.17, 15) is 0 Å². The highest BCUT2D eigenvalue weighted by Gasteiger charge is 2.39. The van der Waals surface area contributed by atoms with E-state index in [4.69, 9.17) is 9.97 Å². The van der Waals surface area contributed by atoms with E-state index in [1.807, 2.05) is 18.2 Å². The summed E-state index contributed by atoms with van der Waals surface area (Å²) in [7, 11) is 0. The lowest BCUT2D eigenvalue weighted by atomic mass is 9.81. The van der Waals surface area contributed by atoms with Crippen molar-refractivity contribution in [1.82, 2.24) is 9.97 Å². The molecule has 2 nitrogen and oxygen atoms in total. The van der Waals surface area contributed by atoms with Crippen LogP contribution in [0, 0.1) is 0 Å². The molecule has 0 unspecified atom stereocenters. The molecule has 28 heavy (non-hydrogen) atoms. The largest absolute Gasteiger partial charge is 0.228 e. The number of halogens is 1. The summed E-state index contributed by atoms with van der Waals surface area (Å²) in [4.78, 5) is 10.1. The standard InChI is InChI=1S/C25H19BrN2/c1-25(2)20-11-7-6-10-19(20)23-21(25)22(16-8-4-3-5-9-16)27-24(28-23)17-12-14-18(26)15-13-17/h3-15H,1-2H3. The van der Waals surface area contributed by atoms with E-state index in [1.165, 1.54) is 16.7 Å². The molecule has 0 bridgehead atoms. The Labute approximate surface area is 173 Å². The highest BCUT2D eigenvalue weighted by Crippen LogP contribution is 2.51. The smallest absolute Gasteiger partial charge is 0.160 e. The average molecular weight is 427 g/mol. The second kappa shape index (κ2) is 6.39. The van der Waals surface area contributed by atoms with Crippen LogP contribution in [0.25, 0.3) is 33.9 Å². The number of benzene rings is 3. The number of fused-ring (bicyclic) bond motifs is 3. The van der Waals surface area contributed by atoms with Gasteiger partial charge in [-0.3, -0.25) is 0 Å². The van der Waals surface area contributed by atoms with Crippen LogP contribution in [0.5, 0.6) is 0 Å². The van der Waals surface area contributed by atoms with Gasteiger partial charge in [0.1, 0.15) is 0 Å². The molecule has 0 saturated heterocycles. The number of aromatic nitrogens is 2. The summed E-state index contributed by atoms with van der Waals surface area (Å²) in [6, 6.07) is 27.2. The van der Waals surface area contributed by atoms with E-state index in [1.54, 1.807) is 0 Å². The molecule has 0 radical (unpaired) electrons. The molecule has 0 N–H and O–H groups in total. The van der Waals surface area contributed by atoms with Crippen molar-refractivity contribution in [2.24, 2.45) is 0 Å². The Kier molecular flexibility index (Phi) is 3.95. The molecule has 136 valence electrons. The molecule has 3 aromatic carbocycles. The van der Waals surface area contributed by atoms with Crippen molar-refractivity contribution in [3.8, 4) is 33.9 Å². The van der Waals surface area contributed by atoms with Crippen molar-refractivity contribution in [1.29, 1.82) is 0 Å². The molecule has 0 spiro atoms. The van der Waals surface area contributed by atoms with Gasteiger partial charge in [-0.05, 0) is 17.7 Å². The Morgan fingerprint density at radius 1 is 0.679 bits per heavy atom. The van der Waals surface area contributed by atoms with Crippen LogP contribution in [0.3, 0.4) is 0 Å². The molecule has 0 amide bonds. The van der Waals surface area contributed by atoms with E-state index in [0.717, 1.165) is 32.8 Å². The molecule has 0 atom stereocenters. The van der Waals surface area contributed by atoms with Gasteiger partial charge in [0.2, 0.25) is 0 Å². The predicted molar refractivity (Wildman–Crippen MR) is 118 cm³/mol. The molecule has 1 aliphatic carbocycles. The summed E-state index contributed by atoms with van der Waals surface area (Å²) in [5.41, 5.74) is 7.79. The molecule has 4 aromatic rings. The number of rotatable bonds is 2. The van der Waals surface area contributed by atoms with Gasteiger partial charge in [0, 0.05) is 32.1 Å². The second-order valence-corrected chi connectivity index (χ2v) is 8.58. The molecular weight excluding hydrogens is 408 g/mol. The maximum Gasteiger partial charge on any atom is 0.160 e. The van der Waals surface area contributed by atoms with Crippen LogP contribution in [0.1, 0.15) is 25.0 Å². The van der Waals surface area contributed by atoms with E-state index in [-0.39, 0.29) is 5.41 Å². The van der Waals surface area contributed by atoms with E-state index >= 15 is 0 Å². The van der Waals surface area contributed by atoms with Gasteiger partial charge in [0.15, 0.2) is 5.82 Å². The Morgan fingerprint density at radius 2 is 1.32 bits per heavy atom. The number of hydrogen-bond donors (Lipinski definition) is 0. The van der Waals surface area contributed by atoms with Gasteiger partial charge in [-0.25, -0.2) is 9.97 Å². The number of hydrogen-bond acceptors (Lipinski definition) is 2. The first-order valence-corrected chi connectivity index (χ1v) is 10.2. The van der Waals surface area contributed by atoms with Crippen LogP contribution in [0.2, 0.25) is 0 Å². The van der Waals surface area contributed by atoms with Crippen LogP contribution in [-0.2, 0) is 5.41 Å². The second-order valence-electron chi connectivity index (χ2n) is 7.66. The first kappa shape index (κ1) is 17.3. The maximum absolute atomic E-state index is 5.07. The van der Waals surface area contributed by atoms with Crippen LogP contribution in [0.15, 0.2) is 83.3 Å². The summed E-state index contributed by atoms with van der Waals surface area (Å²) < 4.78 is 1.05. The zero-order valence-electron chi connectivity index (χ0n) is 15.8. The first-order chi connectivity index (χ1) is 13.6. The molecule has 3 heteroatoms. The van der Waals surface area contributed by atoms with Crippen molar-refractivity contribution < 1.29 is 0 Å². The fraction of sp³-hybridized carbons (Fsp3) is 0.120. The van der Waals surface area contributed by atoms with Crippen LogP contribution in [-0.4, -0.2) is 9.97 Å². The highest BCUT2D eigenvalue weighted by molar-refractivity contribution is 9.10. The number of nitrogens with zero attached hydrogens (tertiary/aromatic N) is 2. The summed E-state index contributed by atoms with van der Waals surface area (Å²) in [5.74, 6) is 0.762. The third kappa shape index (κ3) is 2.61. The van der Waals surface area contributed by atoms with Gasteiger partial charge in [-0.2, -0.15) is 0 Å². The molecule has 0 saturated carbocycles. The Bertz CT molecular complexity index is 1180. The molecule has 0 fully saturated rings. The van der Waals surface area contributed by atoms with Crippen molar-refractivity contribution in [2.45, 2.75) is 19.3 Å². The highest BCUT2D eigenvalue weighted by atomic mass is 79.9. The summed E-state index contributed by atoms with van der Waals surface area (Å²) in [6.45, 7) is 4.54. The van der Waals surface area contributed by atoms with Crippen LogP contribution >= 0.6 is 15.9 Å². The normalized spacial score (nSPS) is 13.8. The third-order valence-electron chi connectivity index (χ3n) is 5.54. The predicted octanol–water partition coefficient (Wildman–Crippen LogP) is 6.88. The molecule has 5 rings (SSSR count). The third-order valence-corrected chi connectivity index (χ3v) is 6.07. The zero-order chi connectivity index (χ0) is 19.3. The van der Waals surface area contributed by atoms with Crippen molar-refractivity contribution in [3.63, 3.8) is 0 Å². The van der Waals surface area contributed by atoms with Gasteiger partial charge >= 0.3 is 0 Å². The lowest BCUT2D eigenvalue weighted by molar-refractivity contribution is 0.658. The molecule has 0 aliphatic heterocycles. The van der Waals surface area contributed by atoms with E-state index < -0.39 is 0 Å². The SMILES string of the molecule is CC1(C)c2ccccc2-c2nc(-c3ccc(Br)cc3)nc(-c3ccccc3)c21. The van der Waals surface area contributed by atoms with Gasteiger partial charge < -0.3 is 0 Å². The quantitative estimate of drug-likeness (QED) is 0.349. The lowest BCUT2D eigenvalue weighted by Crippen LogP contribution is -2.17. The van der Waals surface area contributed by atoms with Gasteiger partial charge in [-0.1, -0.05) is 96.5 Å². The van der Waals surface area contributed by atoms with Crippen molar-refractivity contribution >= 4 is 15.9 Å². The zero-order valence-corrected chi connectivity index (χ0v) is 17.4. The molecule has 1 aromatic heterocycles. The average Bonchev–Trinajstić information content (AvgIpc) is 2.96. The van der Waals surface area contributed by atoms with Crippen LogP contribution < -0.4 is 0 Å². The van der Waals surface area contributed by atoms with Gasteiger partial charge in [0.05, 0.1) is 11.4 Å². The summed E-state index contributed by atoms with van der Waals surface area (Å²) in [6.07, 6.45) is 0. The summed E-state index contributed by atoms with van der Waals surface area (Å²) in [5, 5.41) is 0. The van der Waals surface area contributed by atoms with E-state index in [0.29, 0.717) is 0 Å². The Balaban J connectivity index is 1.85. The van der Waals surface area contributed by atoms with Crippen LogP contribution in [0.4, 0.5) is 0 Å². The Hall–Kier alpha value is -2.78. The minimum atomic E-state index is -0.144. The monoisotopic (exact) mass is 426 g/mol. The lowest BCUT2D eigenvalue weighted by Gasteiger charge is -2.23. The Morgan fingerprint density at radius 3 is 2.07 bits per heavy atom. The fourth-order valence-corrected chi connectivity index (χ4v) is 4.41. The maximum atomic E-state index is 5.07. The fourth-order valence-electron chi connectivity index (χ4n) is 4.15. The minimum Gasteiger partial charge on any atom is -0.228 e. The summed E-state index contributed by atoms with van der Waals surface area (Å²) >= 11 is 3.51. The van der Waals surface area contributed by atoms with Crippen molar-refractivity contribution in [3.05, 3.63) is 94.5 Å². The molecular formula is C25H19BrN2. The van der Waals surface area contributed by atoms with Gasteiger partial charge in [-0.15, -0.1) is 0 Å². The minimum absolute atomic E-state index is 0.144. The first-order valence-electron chi connectivity index (χ1n) is 9.39. The van der Waals surface area contributed by atoms with Crippen molar-refractivity contribution in [2.75, 3.05) is 0 Å². The van der Waals surface area contributed by atoms with E-state index in [2.05, 4.69) is 90.4 Å². The molecule has 1 aliphatic rings.